The first-order chi connectivity index (χ1) is 16.5. The average Bonchev–Trinajstić information content (AvgIpc) is 3.42. The van der Waals surface area contributed by atoms with Gasteiger partial charge in [-0.2, -0.15) is 0 Å². The second-order valence-electron chi connectivity index (χ2n) is 8.93. The molecule has 1 atom stereocenters. The molecular formula is C26H26ClN3O2. The molecule has 0 radical (unpaired) electrons. The van der Waals surface area contributed by atoms with Crippen LogP contribution in [0.15, 0.2) is 36.4 Å². The van der Waals surface area contributed by atoms with Gasteiger partial charge in [-0.05, 0) is 73.9 Å². The van der Waals surface area contributed by atoms with Gasteiger partial charge in [0.1, 0.15) is 0 Å². The van der Waals surface area contributed by atoms with Crippen molar-refractivity contribution in [2.45, 2.75) is 44.1 Å². The maximum absolute atomic E-state index is 13.1. The van der Waals surface area contributed by atoms with Crippen LogP contribution in [0, 0.1) is 18.8 Å². The molecule has 2 aromatic rings. The Morgan fingerprint density at radius 1 is 1.22 bits per heavy atom. The minimum Gasteiger partial charge on any atom is -0.374 e. The molecule has 1 saturated carbocycles. The predicted octanol–water partition coefficient (Wildman–Crippen LogP) is 4.22. The van der Waals surface area contributed by atoms with Crippen LogP contribution in [-0.2, 0) is 20.5 Å². The molecule has 3 aliphatic rings. The van der Waals surface area contributed by atoms with Crippen LogP contribution in [0.5, 0.6) is 0 Å². The highest BCUT2D eigenvalue weighted by atomic mass is 35.5. The molecule has 0 aromatic heterocycles. The summed E-state index contributed by atoms with van der Waals surface area (Å²) in [6, 6.07) is 11.2. The fraction of sp³-hybridized carbons (Fsp3) is 0.385. The number of likely N-dealkylation sites (tertiary alicyclic amines) is 1. The highest BCUT2D eigenvalue weighted by Crippen LogP contribution is 2.57. The number of benzene rings is 2. The van der Waals surface area contributed by atoms with Crippen LogP contribution in [0.1, 0.15) is 47.0 Å². The van der Waals surface area contributed by atoms with E-state index in [1.165, 1.54) is 0 Å². The number of halogens is 1. The summed E-state index contributed by atoms with van der Waals surface area (Å²) in [6.07, 6.45) is 1.95. The van der Waals surface area contributed by atoms with Gasteiger partial charge in [-0.15, -0.1) is 0 Å². The molecule has 2 aromatic carbocycles. The number of carbonyl (C=O) groups is 2. The third kappa shape index (κ3) is 3.01. The van der Waals surface area contributed by atoms with Crippen molar-refractivity contribution >= 4 is 34.8 Å². The topological polar surface area (TPSA) is 52.7 Å². The van der Waals surface area contributed by atoms with Crippen LogP contribution in [0.25, 0.3) is 0 Å². The summed E-state index contributed by atoms with van der Waals surface area (Å²) in [6.45, 7) is 1.92. The number of amides is 2. The Hall–Kier alpha value is -2.97. The van der Waals surface area contributed by atoms with Crippen LogP contribution < -0.4 is 10.2 Å². The molecule has 1 saturated heterocycles. The number of rotatable bonds is 3. The Kier molecular flexibility index (Phi) is 4.00. The van der Waals surface area contributed by atoms with Crippen molar-refractivity contribution in [3.63, 3.8) is 0 Å². The van der Waals surface area contributed by atoms with E-state index in [2.05, 4.69) is 17.2 Å². The van der Waals surface area contributed by atoms with Gasteiger partial charge in [0, 0.05) is 40.6 Å². The van der Waals surface area contributed by atoms with E-state index in [1.807, 2.05) is 37.3 Å². The minimum absolute atomic E-state index is 0.236. The number of hydrogen-bond acceptors (Lipinski definition) is 3. The first kappa shape index (κ1) is 17.6. The lowest BCUT2D eigenvalue weighted by Gasteiger charge is -2.34. The molecule has 2 fully saturated rings. The second kappa shape index (κ2) is 7.28. The number of anilines is 2. The summed E-state index contributed by atoms with van der Waals surface area (Å²) >= 11 is 6.47. The first-order valence-corrected chi connectivity index (χ1v) is 11.1. The average molecular weight is 451 g/mol. The van der Waals surface area contributed by atoms with Crippen molar-refractivity contribution in [2.24, 2.45) is 0 Å². The number of likely N-dealkylation sites (N-methyl/N-ethyl adjacent to an activating group) is 1. The SMILES string of the molecule is [2H]C([2H])([2H])N1C(=O)C2(CC2)c2ccc(N[C@]3(c4cccc(Cl)c4C)CCN(C(=O)C#CC)C3)cc21. The summed E-state index contributed by atoms with van der Waals surface area (Å²) in [4.78, 5) is 28.3. The first-order valence-electron chi connectivity index (χ1n) is 12.3. The Bertz CT molecular complexity index is 1310. The lowest BCUT2D eigenvalue weighted by Crippen LogP contribution is -2.40. The fourth-order valence-electron chi connectivity index (χ4n) is 5.21. The number of nitrogens with zero attached hydrogens (tertiary/aromatic N) is 2. The molecule has 2 aliphatic heterocycles. The third-order valence-corrected chi connectivity index (χ3v) is 7.48. The van der Waals surface area contributed by atoms with Crippen LogP contribution in [0.2, 0.25) is 5.02 Å². The van der Waals surface area contributed by atoms with Crippen molar-refractivity contribution in [1.82, 2.24) is 4.90 Å². The summed E-state index contributed by atoms with van der Waals surface area (Å²) in [5.41, 5.74) is 2.41. The molecule has 0 unspecified atom stereocenters. The van der Waals surface area contributed by atoms with E-state index in [4.69, 9.17) is 15.7 Å². The van der Waals surface area contributed by atoms with Gasteiger partial charge < -0.3 is 15.1 Å². The second-order valence-corrected chi connectivity index (χ2v) is 9.33. The molecule has 164 valence electrons. The van der Waals surface area contributed by atoms with Crippen molar-refractivity contribution < 1.29 is 13.7 Å². The highest BCUT2D eigenvalue weighted by molar-refractivity contribution is 6.31. The normalized spacial score (nSPS) is 24.3. The zero-order valence-corrected chi connectivity index (χ0v) is 18.8. The molecule has 32 heavy (non-hydrogen) atoms. The Morgan fingerprint density at radius 3 is 2.75 bits per heavy atom. The lowest BCUT2D eigenvalue weighted by atomic mass is 9.85. The Labute approximate surface area is 197 Å². The molecule has 5 nitrogen and oxygen atoms in total. The molecule has 1 spiro atoms. The van der Waals surface area contributed by atoms with Gasteiger partial charge in [0.05, 0.1) is 11.0 Å². The van der Waals surface area contributed by atoms with Crippen LogP contribution in [-0.4, -0.2) is 36.8 Å². The van der Waals surface area contributed by atoms with Gasteiger partial charge in [0.25, 0.3) is 5.91 Å². The summed E-state index contributed by atoms with van der Waals surface area (Å²) in [5, 5.41) is 4.24. The Balaban J connectivity index is 1.57. The van der Waals surface area contributed by atoms with E-state index in [1.54, 1.807) is 17.9 Å². The van der Waals surface area contributed by atoms with E-state index in [0.717, 1.165) is 21.6 Å². The van der Waals surface area contributed by atoms with E-state index in [-0.39, 0.29) is 11.8 Å². The standard InChI is InChI=1S/C26H26ClN3O2/c1-4-6-23(31)30-14-13-26(16-30,19-7-5-8-21(27)17(19)2)28-18-9-10-20-22(15-18)29(3)24(32)25(20)11-12-25/h5,7-10,15,28H,11-14,16H2,1-3H3/t26-/m1/s1/i3D3. The summed E-state index contributed by atoms with van der Waals surface area (Å²) in [5.74, 6) is 4.71. The Morgan fingerprint density at radius 2 is 2.03 bits per heavy atom. The number of nitrogens with one attached hydrogen (secondary N) is 1. The molecule has 1 N–H and O–H groups in total. The van der Waals surface area contributed by atoms with Crippen molar-refractivity contribution in [1.29, 1.82) is 0 Å². The molecule has 0 bridgehead atoms. The maximum Gasteiger partial charge on any atom is 0.298 e. The zero-order chi connectivity index (χ0) is 25.2. The van der Waals surface area contributed by atoms with Crippen molar-refractivity contribution in [3.8, 4) is 11.8 Å². The van der Waals surface area contributed by atoms with E-state index in [9.17, 15) is 9.59 Å². The van der Waals surface area contributed by atoms with Crippen molar-refractivity contribution in [3.05, 3.63) is 58.1 Å². The number of hydrogen-bond donors (Lipinski definition) is 1. The van der Waals surface area contributed by atoms with Gasteiger partial charge >= 0.3 is 0 Å². The fourth-order valence-corrected chi connectivity index (χ4v) is 5.38. The smallest absolute Gasteiger partial charge is 0.298 e. The summed E-state index contributed by atoms with van der Waals surface area (Å²) < 4.78 is 23.9. The highest BCUT2D eigenvalue weighted by Gasteiger charge is 2.58. The van der Waals surface area contributed by atoms with Crippen molar-refractivity contribution in [2.75, 3.05) is 30.3 Å². The molecule has 6 heteroatoms. The van der Waals surface area contributed by atoms with Crippen LogP contribution >= 0.6 is 11.6 Å². The molecule has 2 heterocycles. The zero-order valence-electron chi connectivity index (χ0n) is 21.1. The molecule has 1 aliphatic carbocycles. The van der Waals surface area contributed by atoms with Gasteiger partial charge in [0.2, 0.25) is 5.91 Å². The maximum atomic E-state index is 13.1. The van der Waals surface area contributed by atoms with Gasteiger partial charge in [-0.1, -0.05) is 35.7 Å². The van der Waals surface area contributed by atoms with Crippen LogP contribution in [0.3, 0.4) is 0 Å². The van der Waals surface area contributed by atoms with Gasteiger partial charge in [-0.25, -0.2) is 0 Å². The predicted molar refractivity (Wildman–Crippen MR) is 127 cm³/mol. The number of carbonyl (C=O) groups excluding carboxylic acids is 2. The molecule has 2 amide bonds. The van der Waals surface area contributed by atoms with E-state index >= 15 is 0 Å². The third-order valence-electron chi connectivity index (χ3n) is 7.07. The van der Waals surface area contributed by atoms with E-state index < -0.39 is 17.9 Å². The van der Waals surface area contributed by atoms with Crippen LogP contribution in [0.4, 0.5) is 11.4 Å². The quantitative estimate of drug-likeness (QED) is 0.712. The minimum atomic E-state index is -2.56. The van der Waals surface area contributed by atoms with Gasteiger partial charge in [-0.3, -0.25) is 9.59 Å². The largest absolute Gasteiger partial charge is 0.374 e. The summed E-state index contributed by atoms with van der Waals surface area (Å²) in [7, 11) is 0. The lowest BCUT2D eigenvalue weighted by molar-refractivity contribution is -0.124. The molecular weight excluding hydrogens is 422 g/mol. The monoisotopic (exact) mass is 450 g/mol. The van der Waals surface area contributed by atoms with E-state index in [0.29, 0.717) is 48.7 Å². The number of fused-ring (bicyclic) bond motifs is 2. The van der Waals surface area contributed by atoms with Gasteiger partial charge in [0.15, 0.2) is 0 Å². The molecule has 5 rings (SSSR count).